The van der Waals surface area contributed by atoms with E-state index in [0.29, 0.717) is 0 Å². The van der Waals surface area contributed by atoms with E-state index in [1.807, 2.05) is 24.4 Å². The number of aryl methyl sites for hydroxylation is 1. The molecule has 2 aromatic rings. The zero-order valence-electron chi connectivity index (χ0n) is 14.4. The molecular formula is C18H23N3O2S. The summed E-state index contributed by atoms with van der Waals surface area (Å²) in [6.45, 7) is 9.91. The summed E-state index contributed by atoms with van der Waals surface area (Å²) in [6.07, 6.45) is 0. The number of hydrogen-bond donors (Lipinski definition) is 0. The summed E-state index contributed by atoms with van der Waals surface area (Å²) in [4.78, 5) is 21.0. The maximum atomic E-state index is 12.3. The van der Waals surface area contributed by atoms with Crippen LogP contribution in [0.5, 0.6) is 0 Å². The highest BCUT2D eigenvalue weighted by atomic mass is 32.1. The molecule has 0 aliphatic carbocycles. The molecule has 2 heterocycles. The van der Waals surface area contributed by atoms with Crippen LogP contribution < -0.4 is 4.90 Å². The van der Waals surface area contributed by atoms with Crippen molar-refractivity contribution in [3.05, 3.63) is 40.4 Å². The predicted molar refractivity (Wildman–Crippen MR) is 96.9 cm³/mol. The minimum absolute atomic E-state index is 0.0176. The minimum atomic E-state index is -0.0176. The van der Waals surface area contributed by atoms with Crippen LogP contribution in [-0.2, 0) is 16.1 Å². The van der Waals surface area contributed by atoms with E-state index >= 15 is 0 Å². The number of nitrogens with zero attached hydrogens (tertiary/aromatic N) is 3. The molecule has 24 heavy (non-hydrogen) atoms. The third-order valence-corrected chi connectivity index (χ3v) is 5.23. The number of amides is 1. The monoisotopic (exact) mass is 345 g/mol. The molecule has 0 spiro atoms. The van der Waals surface area contributed by atoms with Gasteiger partial charge in [0.15, 0.2) is 5.13 Å². The van der Waals surface area contributed by atoms with E-state index in [-0.39, 0.29) is 5.91 Å². The van der Waals surface area contributed by atoms with E-state index in [9.17, 15) is 4.79 Å². The van der Waals surface area contributed by atoms with Gasteiger partial charge in [-0.25, -0.2) is 4.98 Å². The van der Waals surface area contributed by atoms with Gasteiger partial charge in [-0.3, -0.25) is 14.6 Å². The Hall–Kier alpha value is -1.76. The molecule has 0 bridgehead atoms. The fourth-order valence-electron chi connectivity index (χ4n) is 2.85. The summed E-state index contributed by atoms with van der Waals surface area (Å²) >= 11 is 1.52. The van der Waals surface area contributed by atoms with Crippen LogP contribution in [0.2, 0.25) is 0 Å². The predicted octanol–water partition coefficient (Wildman–Crippen LogP) is 3.28. The zero-order chi connectivity index (χ0) is 17.1. The van der Waals surface area contributed by atoms with Crippen molar-refractivity contribution in [3.63, 3.8) is 0 Å². The first-order valence-electron chi connectivity index (χ1n) is 8.17. The molecule has 3 rings (SSSR count). The van der Waals surface area contributed by atoms with Crippen LogP contribution >= 0.6 is 11.3 Å². The minimum Gasteiger partial charge on any atom is -0.379 e. The Morgan fingerprint density at radius 1 is 1.33 bits per heavy atom. The van der Waals surface area contributed by atoms with Crippen molar-refractivity contribution in [3.8, 4) is 0 Å². The molecule has 0 N–H and O–H groups in total. The van der Waals surface area contributed by atoms with E-state index in [1.54, 1.807) is 11.8 Å². The molecule has 0 unspecified atom stereocenters. The number of benzene rings is 1. The highest BCUT2D eigenvalue weighted by molar-refractivity contribution is 7.14. The molecule has 1 fully saturated rings. The number of hydrogen-bond acceptors (Lipinski definition) is 5. The van der Waals surface area contributed by atoms with E-state index in [4.69, 9.17) is 9.72 Å². The molecule has 1 saturated heterocycles. The molecule has 1 aliphatic heterocycles. The summed E-state index contributed by atoms with van der Waals surface area (Å²) in [7, 11) is 0. The number of thiazole rings is 1. The Morgan fingerprint density at radius 2 is 2.08 bits per heavy atom. The second kappa shape index (κ2) is 7.42. The Morgan fingerprint density at radius 3 is 2.79 bits per heavy atom. The highest BCUT2D eigenvalue weighted by Gasteiger charge is 2.21. The Kier molecular flexibility index (Phi) is 5.28. The van der Waals surface area contributed by atoms with E-state index in [1.165, 1.54) is 16.9 Å². The lowest BCUT2D eigenvalue weighted by atomic mass is 10.1. The third kappa shape index (κ3) is 3.66. The number of anilines is 2. The highest BCUT2D eigenvalue weighted by Crippen LogP contribution is 2.32. The Labute approximate surface area is 146 Å². The number of carbonyl (C=O) groups is 1. The van der Waals surface area contributed by atoms with Crippen molar-refractivity contribution >= 4 is 28.1 Å². The molecular weight excluding hydrogens is 322 g/mol. The SMILES string of the molecule is CC(=O)N(c1nc(CN2CCOCC2)cs1)c1cccc(C)c1C. The third-order valence-electron chi connectivity index (χ3n) is 4.35. The number of ether oxygens (including phenoxy) is 1. The average molecular weight is 345 g/mol. The molecule has 1 aliphatic rings. The number of rotatable bonds is 4. The number of aromatic nitrogens is 1. The van der Waals surface area contributed by atoms with Crippen LogP contribution in [0.4, 0.5) is 10.8 Å². The van der Waals surface area contributed by atoms with Crippen molar-refractivity contribution in [2.75, 3.05) is 31.2 Å². The molecule has 0 radical (unpaired) electrons. The summed E-state index contributed by atoms with van der Waals surface area (Å²) < 4.78 is 5.38. The first-order chi connectivity index (χ1) is 11.6. The molecule has 0 saturated carbocycles. The van der Waals surface area contributed by atoms with Gasteiger partial charge in [-0.05, 0) is 31.0 Å². The Balaban J connectivity index is 1.84. The van der Waals surface area contributed by atoms with E-state index in [0.717, 1.165) is 54.9 Å². The van der Waals surface area contributed by atoms with Crippen LogP contribution in [0.1, 0.15) is 23.7 Å². The molecule has 1 aromatic heterocycles. The van der Waals surface area contributed by atoms with Gasteiger partial charge in [0.1, 0.15) is 0 Å². The van der Waals surface area contributed by atoms with Crippen molar-refractivity contribution in [1.82, 2.24) is 9.88 Å². The van der Waals surface area contributed by atoms with Gasteiger partial charge in [0, 0.05) is 31.9 Å². The normalized spacial score (nSPS) is 15.5. The molecule has 1 aromatic carbocycles. The van der Waals surface area contributed by atoms with Gasteiger partial charge >= 0.3 is 0 Å². The summed E-state index contributed by atoms with van der Waals surface area (Å²) in [5.74, 6) is -0.0176. The van der Waals surface area contributed by atoms with Gasteiger partial charge in [-0.1, -0.05) is 12.1 Å². The molecule has 6 heteroatoms. The lowest BCUT2D eigenvalue weighted by Crippen LogP contribution is -2.35. The first-order valence-corrected chi connectivity index (χ1v) is 9.05. The zero-order valence-corrected chi connectivity index (χ0v) is 15.2. The van der Waals surface area contributed by atoms with Crippen molar-refractivity contribution in [1.29, 1.82) is 0 Å². The maximum absolute atomic E-state index is 12.3. The van der Waals surface area contributed by atoms with Gasteiger partial charge in [0.2, 0.25) is 5.91 Å². The lowest BCUT2D eigenvalue weighted by Gasteiger charge is -2.25. The van der Waals surface area contributed by atoms with Crippen LogP contribution in [0.15, 0.2) is 23.6 Å². The largest absolute Gasteiger partial charge is 0.379 e. The fraction of sp³-hybridized carbons (Fsp3) is 0.444. The summed E-state index contributed by atoms with van der Waals surface area (Å²) in [6, 6.07) is 6.02. The number of carbonyl (C=O) groups excluding carboxylic acids is 1. The van der Waals surface area contributed by atoms with Gasteiger partial charge in [-0.15, -0.1) is 11.3 Å². The van der Waals surface area contributed by atoms with Crippen molar-refractivity contribution < 1.29 is 9.53 Å². The molecule has 1 amide bonds. The lowest BCUT2D eigenvalue weighted by molar-refractivity contribution is -0.115. The van der Waals surface area contributed by atoms with E-state index in [2.05, 4.69) is 17.9 Å². The molecule has 128 valence electrons. The summed E-state index contributed by atoms with van der Waals surface area (Å²) in [5, 5.41) is 2.78. The smallest absolute Gasteiger partial charge is 0.230 e. The second-order valence-electron chi connectivity index (χ2n) is 6.08. The molecule has 0 atom stereocenters. The number of morpholine rings is 1. The van der Waals surface area contributed by atoms with Gasteiger partial charge in [-0.2, -0.15) is 0 Å². The average Bonchev–Trinajstić information content (AvgIpc) is 3.00. The first kappa shape index (κ1) is 17.1. The van der Waals surface area contributed by atoms with Gasteiger partial charge in [0.25, 0.3) is 0 Å². The van der Waals surface area contributed by atoms with Crippen LogP contribution in [0.25, 0.3) is 0 Å². The van der Waals surface area contributed by atoms with Gasteiger partial charge in [0.05, 0.1) is 24.6 Å². The van der Waals surface area contributed by atoms with Crippen LogP contribution in [-0.4, -0.2) is 42.1 Å². The van der Waals surface area contributed by atoms with Gasteiger partial charge < -0.3 is 4.74 Å². The topological polar surface area (TPSA) is 45.7 Å². The van der Waals surface area contributed by atoms with Crippen LogP contribution in [0, 0.1) is 13.8 Å². The standard InChI is InChI=1S/C18H23N3O2S/c1-13-5-4-6-17(14(13)2)21(15(3)22)18-19-16(12-24-18)11-20-7-9-23-10-8-20/h4-6,12H,7-11H2,1-3H3. The summed E-state index contributed by atoms with van der Waals surface area (Å²) in [5.41, 5.74) is 4.20. The van der Waals surface area contributed by atoms with Crippen molar-refractivity contribution in [2.24, 2.45) is 0 Å². The quantitative estimate of drug-likeness (QED) is 0.853. The van der Waals surface area contributed by atoms with Crippen molar-refractivity contribution in [2.45, 2.75) is 27.3 Å². The molecule has 5 nitrogen and oxygen atoms in total. The maximum Gasteiger partial charge on any atom is 0.230 e. The Bertz CT molecular complexity index is 723. The fourth-order valence-corrected chi connectivity index (χ4v) is 3.72. The second-order valence-corrected chi connectivity index (χ2v) is 6.92. The van der Waals surface area contributed by atoms with E-state index < -0.39 is 0 Å². The van der Waals surface area contributed by atoms with Crippen LogP contribution in [0.3, 0.4) is 0 Å².